The number of amides is 1. The maximum atomic E-state index is 10.8. The molecule has 1 saturated heterocycles. The lowest BCUT2D eigenvalue weighted by Gasteiger charge is -2.28. The Morgan fingerprint density at radius 1 is 1.21 bits per heavy atom. The molecule has 1 aromatic carbocycles. The fourth-order valence-electron chi connectivity index (χ4n) is 4.35. The van der Waals surface area contributed by atoms with Crippen LogP contribution in [0.5, 0.6) is 5.75 Å². The van der Waals surface area contributed by atoms with Gasteiger partial charge in [-0.2, -0.15) is 10.1 Å². The first kappa shape index (κ1) is 23.9. The minimum Gasteiger partial charge on any atom is -0.495 e. The average Bonchev–Trinajstić information content (AvgIpc) is 3.19. The Balaban J connectivity index is 0.000000231. The Morgan fingerprint density at radius 2 is 2.03 bits per heavy atom. The number of methoxy groups -OCH3 is 1. The molecule has 0 aliphatic carbocycles. The number of β-amino-alcohol motifs (C(OH)–C–C–N with tert-alkyl or cyclic N) is 1. The molecule has 2 N–H and O–H groups in total. The number of carbonyl (C=O) groups excluding carboxylic acids is 1. The molecule has 4 heterocycles. The zero-order valence-electron chi connectivity index (χ0n) is 20.3. The minimum atomic E-state index is -0.294. The number of rotatable bonds is 3. The third kappa shape index (κ3) is 5.45. The van der Waals surface area contributed by atoms with E-state index < -0.39 is 0 Å². The van der Waals surface area contributed by atoms with Crippen molar-refractivity contribution in [2.24, 2.45) is 7.05 Å². The fourth-order valence-corrected chi connectivity index (χ4v) is 4.35. The molecule has 0 saturated carbocycles. The molecule has 34 heavy (non-hydrogen) atoms. The summed E-state index contributed by atoms with van der Waals surface area (Å²) in [5, 5.41) is 17.5. The number of nitrogens with one attached hydrogen (secondary N) is 1. The molecular weight excluding hydrogens is 434 g/mol. The topological polar surface area (TPSA) is 109 Å². The van der Waals surface area contributed by atoms with Crippen LogP contribution < -0.4 is 10.1 Å². The lowest BCUT2D eigenvalue weighted by Crippen LogP contribution is -2.40. The summed E-state index contributed by atoms with van der Waals surface area (Å²) in [6, 6.07) is 4.26. The molecule has 1 amide bonds. The summed E-state index contributed by atoms with van der Waals surface area (Å²) in [6.45, 7) is 4.89. The van der Waals surface area contributed by atoms with Crippen LogP contribution in [0.1, 0.15) is 30.9 Å². The first-order chi connectivity index (χ1) is 16.3. The molecule has 0 spiro atoms. The highest BCUT2D eigenvalue weighted by Gasteiger charge is 2.19. The lowest BCUT2D eigenvalue weighted by atomic mass is 9.99. The van der Waals surface area contributed by atoms with Gasteiger partial charge in [0.15, 0.2) is 5.65 Å². The average molecular weight is 468 g/mol. The normalized spacial score (nSPS) is 18.1. The van der Waals surface area contributed by atoms with Crippen molar-refractivity contribution in [1.29, 1.82) is 0 Å². The highest BCUT2D eigenvalue weighted by molar-refractivity contribution is 5.76. The zero-order valence-corrected chi connectivity index (χ0v) is 20.3. The van der Waals surface area contributed by atoms with Gasteiger partial charge in [0.2, 0.25) is 11.9 Å². The van der Waals surface area contributed by atoms with Crippen LogP contribution in [0.2, 0.25) is 0 Å². The Morgan fingerprint density at radius 3 is 2.74 bits per heavy atom. The van der Waals surface area contributed by atoms with E-state index in [1.54, 1.807) is 29.1 Å². The summed E-state index contributed by atoms with van der Waals surface area (Å²) in [5.41, 5.74) is 4.34. The van der Waals surface area contributed by atoms with Gasteiger partial charge in [-0.25, -0.2) is 4.98 Å². The maximum absolute atomic E-state index is 10.8. The van der Waals surface area contributed by atoms with Gasteiger partial charge in [0.25, 0.3) is 0 Å². The third-order valence-electron chi connectivity index (χ3n) is 6.29. The number of aliphatic hydroxyl groups is 1. The van der Waals surface area contributed by atoms with E-state index in [1.165, 1.54) is 18.1 Å². The van der Waals surface area contributed by atoms with Crippen LogP contribution >= 0.6 is 0 Å². The van der Waals surface area contributed by atoms with Crippen LogP contribution in [0.25, 0.3) is 11.0 Å². The van der Waals surface area contributed by atoms with Gasteiger partial charge in [0, 0.05) is 46.3 Å². The van der Waals surface area contributed by atoms with Gasteiger partial charge >= 0.3 is 0 Å². The van der Waals surface area contributed by atoms with Crippen molar-refractivity contribution in [2.45, 2.75) is 38.8 Å². The van der Waals surface area contributed by atoms with Crippen LogP contribution in [-0.2, 0) is 24.8 Å². The number of hydrogen-bond donors (Lipinski definition) is 2. The van der Waals surface area contributed by atoms with Crippen molar-refractivity contribution in [2.75, 3.05) is 39.1 Å². The molecule has 182 valence electrons. The molecule has 10 nitrogen and oxygen atoms in total. The highest BCUT2D eigenvalue weighted by atomic mass is 16.5. The van der Waals surface area contributed by atoms with Crippen LogP contribution in [-0.4, -0.2) is 80.5 Å². The number of ether oxygens (including phenoxy) is 1. The monoisotopic (exact) mass is 467 g/mol. The molecule has 3 aromatic rings. The highest BCUT2D eigenvalue weighted by Crippen LogP contribution is 2.33. The summed E-state index contributed by atoms with van der Waals surface area (Å²) >= 11 is 0. The van der Waals surface area contributed by atoms with Crippen LogP contribution in [0.15, 0.2) is 24.5 Å². The Kier molecular flexibility index (Phi) is 7.28. The van der Waals surface area contributed by atoms with Crippen molar-refractivity contribution in [1.82, 2.24) is 29.5 Å². The molecule has 0 bridgehead atoms. The number of fused-ring (bicyclic) bond motifs is 2. The molecule has 0 radical (unpaired) electrons. The third-order valence-corrected chi connectivity index (χ3v) is 6.29. The Bertz CT molecular complexity index is 1160. The molecule has 2 aliphatic heterocycles. The van der Waals surface area contributed by atoms with Crippen molar-refractivity contribution in [3.8, 4) is 5.75 Å². The lowest BCUT2D eigenvalue weighted by molar-refractivity contribution is -0.131. The molecule has 10 heteroatoms. The van der Waals surface area contributed by atoms with E-state index in [9.17, 15) is 4.79 Å². The number of benzene rings is 1. The summed E-state index contributed by atoms with van der Waals surface area (Å²) < 4.78 is 7.29. The standard InChI is InChI=1S/C17H20N6O.C7H13NO2/c1-22-5-4-11-7-15(24-3)14(6-12(11)10-22)20-17-18-8-13-9-19-23(2)16(13)21-17;1-6(9)8-4-2-3-7(10)5-8/h6-9H,4-5,10H2,1-3H3,(H,18,20,21);7,10H,2-5H2,1H3. The molecule has 1 atom stereocenters. The summed E-state index contributed by atoms with van der Waals surface area (Å²) in [7, 11) is 5.70. The number of carbonyl (C=O) groups is 1. The van der Waals surface area contributed by atoms with Gasteiger partial charge in [-0.1, -0.05) is 0 Å². The van der Waals surface area contributed by atoms with E-state index >= 15 is 0 Å². The van der Waals surface area contributed by atoms with E-state index in [-0.39, 0.29) is 12.0 Å². The summed E-state index contributed by atoms with van der Waals surface area (Å²) in [4.78, 5) is 23.7. The van der Waals surface area contributed by atoms with E-state index in [2.05, 4.69) is 44.5 Å². The summed E-state index contributed by atoms with van der Waals surface area (Å²) in [6.07, 6.45) is 6.05. The smallest absolute Gasteiger partial charge is 0.229 e. The molecule has 2 aromatic heterocycles. The fraction of sp³-hybridized carbons (Fsp3) is 0.500. The van der Waals surface area contributed by atoms with Crippen molar-refractivity contribution in [3.63, 3.8) is 0 Å². The summed E-state index contributed by atoms with van der Waals surface area (Å²) in [5.74, 6) is 1.42. The van der Waals surface area contributed by atoms with Gasteiger partial charge in [0.1, 0.15) is 5.75 Å². The second-order valence-electron chi connectivity index (χ2n) is 8.94. The van der Waals surface area contributed by atoms with Crippen LogP contribution in [0.3, 0.4) is 0 Å². The number of aliphatic hydroxyl groups excluding tert-OH is 1. The number of hydrogen-bond acceptors (Lipinski definition) is 8. The maximum Gasteiger partial charge on any atom is 0.229 e. The molecule has 1 unspecified atom stereocenters. The molecule has 2 aliphatic rings. The number of aryl methyl sites for hydroxylation is 1. The molecule has 1 fully saturated rings. The Hall–Kier alpha value is -3.24. The van der Waals surface area contributed by atoms with E-state index in [1.807, 2.05) is 7.05 Å². The van der Waals surface area contributed by atoms with Gasteiger partial charge in [0.05, 0.1) is 30.5 Å². The number of piperidine rings is 1. The van der Waals surface area contributed by atoms with Crippen LogP contribution in [0.4, 0.5) is 11.6 Å². The predicted octanol–water partition coefficient (Wildman–Crippen LogP) is 2.09. The Labute approximate surface area is 199 Å². The second-order valence-corrected chi connectivity index (χ2v) is 8.94. The molecule has 5 rings (SSSR count). The number of anilines is 2. The van der Waals surface area contributed by atoms with Crippen molar-refractivity contribution < 1.29 is 14.6 Å². The van der Waals surface area contributed by atoms with Crippen molar-refractivity contribution >= 4 is 28.6 Å². The van der Waals surface area contributed by atoms with Gasteiger partial charge < -0.3 is 25.0 Å². The number of aromatic nitrogens is 4. The second kappa shape index (κ2) is 10.4. The quantitative estimate of drug-likeness (QED) is 0.603. The number of likely N-dealkylation sites (N-methyl/N-ethyl adjacent to an activating group) is 1. The van der Waals surface area contributed by atoms with E-state index in [0.717, 1.165) is 61.4 Å². The van der Waals surface area contributed by atoms with Gasteiger partial charge in [-0.05, 0) is 49.6 Å². The number of likely N-dealkylation sites (tertiary alicyclic amines) is 1. The minimum absolute atomic E-state index is 0.0683. The van der Waals surface area contributed by atoms with E-state index in [4.69, 9.17) is 9.84 Å². The predicted molar refractivity (Wildman–Crippen MR) is 130 cm³/mol. The largest absolute Gasteiger partial charge is 0.495 e. The first-order valence-electron chi connectivity index (χ1n) is 11.6. The van der Waals surface area contributed by atoms with Gasteiger partial charge in [-0.3, -0.25) is 9.48 Å². The van der Waals surface area contributed by atoms with Gasteiger partial charge in [-0.15, -0.1) is 0 Å². The SMILES string of the molecule is CC(=O)N1CCCC(O)C1.COc1cc2c(cc1Nc1ncc3cnn(C)c3n1)CN(C)CC2. The number of nitrogens with zero attached hydrogens (tertiary/aromatic N) is 6. The molecular formula is C24H33N7O3. The zero-order chi connectivity index (χ0) is 24.2. The first-order valence-corrected chi connectivity index (χ1v) is 11.6. The van der Waals surface area contributed by atoms with Crippen molar-refractivity contribution in [3.05, 3.63) is 35.7 Å². The van der Waals surface area contributed by atoms with Crippen LogP contribution in [0, 0.1) is 0 Å². The van der Waals surface area contributed by atoms with E-state index in [0.29, 0.717) is 12.5 Å².